The number of benzene rings is 2. The fraction of sp³-hybridized carbons (Fsp3) is 0.250. The molecule has 156 valence electrons. The molecule has 0 saturated carbocycles. The maximum atomic E-state index is 14.6. The zero-order chi connectivity index (χ0) is 21.5. The highest BCUT2D eigenvalue weighted by Crippen LogP contribution is 2.28. The Hall–Kier alpha value is -2.47. The quantitative estimate of drug-likeness (QED) is 0.518. The Labute approximate surface area is 183 Å². The number of rotatable bonds is 5. The average molecular weight is 528 g/mol. The summed E-state index contributed by atoms with van der Waals surface area (Å²) < 4.78 is 44.8. The first-order chi connectivity index (χ1) is 14.3. The molecule has 1 amide bonds. The number of likely N-dealkylation sites (tertiary alicyclic amines) is 1. The highest BCUT2D eigenvalue weighted by Gasteiger charge is 2.45. The molecule has 4 rings (SSSR count). The molecular weight excluding hydrogens is 512 g/mol. The third-order valence-electron chi connectivity index (χ3n) is 4.99. The minimum Gasteiger partial charge on any atom is -0.384 e. The van der Waals surface area contributed by atoms with Crippen LogP contribution in [0, 0.1) is 21.0 Å². The molecule has 2 aromatic carbocycles. The largest absolute Gasteiger partial charge is 0.384 e. The highest BCUT2D eigenvalue weighted by molar-refractivity contribution is 14.1. The van der Waals surface area contributed by atoms with Gasteiger partial charge in [0.05, 0.1) is 25.8 Å². The van der Waals surface area contributed by atoms with Crippen LogP contribution in [0.4, 0.5) is 13.2 Å². The molecule has 6 nitrogen and oxygen atoms in total. The van der Waals surface area contributed by atoms with Crippen molar-refractivity contribution in [1.82, 2.24) is 19.9 Å². The molecule has 0 atom stereocenters. The first-order valence-electron chi connectivity index (χ1n) is 9.02. The number of amides is 1. The Kier molecular flexibility index (Phi) is 5.53. The summed E-state index contributed by atoms with van der Waals surface area (Å²) in [5.74, 6) is -3.41. The normalized spacial score (nSPS) is 15.2. The molecule has 0 spiro atoms. The van der Waals surface area contributed by atoms with Crippen molar-refractivity contribution in [3.05, 3.63) is 80.4 Å². The molecule has 1 saturated heterocycles. The minimum atomic E-state index is -1.19. The maximum absolute atomic E-state index is 14.6. The number of nitrogens with zero attached hydrogens (tertiary/aromatic N) is 4. The van der Waals surface area contributed by atoms with Gasteiger partial charge in [-0.1, -0.05) is 11.3 Å². The minimum absolute atomic E-state index is 0.00201. The van der Waals surface area contributed by atoms with Crippen LogP contribution in [0.2, 0.25) is 0 Å². The fourth-order valence-electron chi connectivity index (χ4n) is 3.52. The third-order valence-corrected chi connectivity index (χ3v) is 5.67. The second kappa shape index (κ2) is 7.99. The fourth-order valence-corrected chi connectivity index (χ4v) is 3.97. The van der Waals surface area contributed by atoms with E-state index in [0.717, 1.165) is 6.07 Å². The smallest absolute Gasteiger partial charge is 0.254 e. The van der Waals surface area contributed by atoms with Gasteiger partial charge in [-0.2, -0.15) is 0 Å². The Bertz CT molecular complexity index is 1100. The molecule has 0 aliphatic carbocycles. The second-order valence-corrected chi connectivity index (χ2v) is 8.53. The standard InChI is InChI=1S/C20H16F3IN4O2/c21-16-4-3-14(15(18(16)23)7-12-1-2-13(24)8-17(12)22)19(29)27-9-20(30,10-27)11-28-6-5-25-26-28/h1-6,8,30H,7,9-11H2. The summed E-state index contributed by atoms with van der Waals surface area (Å²) in [5.41, 5.74) is -1.31. The zero-order valence-corrected chi connectivity index (χ0v) is 17.7. The highest BCUT2D eigenvalue weighted by atomic mass is 127. The Morgan fingerprint density at radius 1 is 1.17 bits per heavy atom. The van der Waals surface area contributed by atoms with Gasteiger partial charge in [0.25, 0.3) is 5.91 Å². The summed E-state index contributed by atoms with van der Waals surface area (Å²) in [6, 6.07) is 6.48. The first kappa shape index (κ1) is 20.8. The van der Waals surface area contributed by atoms with Crippen molar-refractivity contribution in [2.24, 2.45) is 0 Å². The van der Waals surface area contributed by atoms with E-state index in [2.05, 4.69) is 10.3 Å². The van der Waals surface area contributed by atoms with Gasteiger partial charge >= 0.3 is 0 Å². The van der Waals surface area contributed by atoms with Crippen molar-refractivity contribution < 1.29 is 23.1 Å². The number of carbonyl (C=O) groups is 1. The van der Waals surface area contributed by atoms with E-state index in [-0.39, 0.29) is 42.7 Å². The van der Waals surface area contributed by atoms with E-state index < -0.39 is 29.0 Å². The summed E-state index contributed by atoms with van der Waals surface area (Å²) in [5, 5.41) is 18.0. The van der Waals surface area contributed by atoms with Crippen molar-refractivity contribution in [1.29, 1.82) is 0 Å². The molecule has 10 heteroatoms. The van der Waals surface area contributed by atoms with Gasteiger partial charge in [-0.05, 0) is 52.4 Å². The number of hydrogen-bond donors (Lipinski definition) is 1. The molecule has 3 aromatic rings. The number of halogens is 4. The number of hydrogen-bond acceptors (Lipinski definition) is 4. The molecule has 0 unspecified atom stereocenters. The van der Waals surface area contributed by atoms with Crippen LogP contribution in [0.25, 0.3) is 0 Å². The van der Waals surface area contributed by atoms with E-state index in [4.69, 9.17) is 0 Å². The second-order valence-electron chi connectivity index (χ2n) is 7.29. The van der Waals surface area contributed by atoms with Crippen molar-refractivity contribution in [3.8, 4) is 0 Å². The van der Waals surface area contributed by atoms with Gasteiger partial charge in [-0.3, -0.25) is 4.79 Å². The van der Waals surface area contributed by atoms with E-state index in [0.29, 0.717) is 3.57 Å². The van der Waals surface area contributed by atoms with Crippen LogP contribution in [0.3, 0.4) is 0 Å². The summed E-state index contributed by atoms with van der Waals surface area (Å²) in [6.07, 6.45) is 2.79. The van der Waals surface area contributed by atoms with E-state index in [9.17, 15) is 23.1 Å². The van der Waals surface area contributed by atoms with Crippen LogP contribution >= 0.6 is 22.6 Å². The lowest BCUT2D eigenvalue weighted by atomic mass is 9.91. The van der Waals surface area contributed by atoms with Gasteiger partial charge in [0.1, 0.15) is 11.4 Å². The van der Waals surface area contributed by atoms with Crippen LogP contribution in [0.1, 0.15) is 21.5 Å². The molecule has 0 bridgehead atoms. The average Bonchev–Trinajstić information content (AvgIpc) is 3.17. The lowest BCUT2D eigenvalue weighted by Gasteiger charge is -2.46. The maximum Gasteiger partial charge on any atom is 0.254 e. The van der Waals surface area contributed by atoms with Gasteiger partial charge in [0, 0.05) is 27.3 Å². The molecule has 0 radical (unpaired) electrons. The molecule has 1 aliphatic rings. The van der Waals surface area contributed by atoms with Crippen molar-refractivity contribution in [2.45, 2.75) is 18.6 Å². The van der Waals surface area contributed by atoms with Crippen LogP contribution in [0.5, 0.6) is 0 Å². The molecule has 1 aliphatic heterocycles. The van der Waals surface area contributed by atoms with E-state index in [1.54, 1.807) is 12.3 Å². The SMILES string of the molecule is O=C(c1ccc(F)c(F)c1Cc1ccc(I)cc1F)N1CC(O)(Cn2ccnn2)C1. The lowest BCUT2D eigenvalue weighted by molar-refractivity contribution is -0.0930. The van der Waals surface area contributed by atoms with Crippen molar-refractivity contribution >= 4 is 28.5 Å². The van der Waals surface area contributed by atoms with Crippen molar-refractivity contribution in [3.63, 3.8) is 0 Å². The van der Waals surface area contributed by atoms with E-state index in [1.165, 1.54) is 34.0 Å². The summed E-state index contributed by atoms with van der Waals surface area (Å²) in [4.78, 5) is 14.3. The Morgan fingerprint density at radius 2 is 1.93 bits per heavy atom. The topological polar surface area (TPSA) is 71.2 Å². The molecule has 1 aromatic heterocycles. The summed E-state index contributed by atoms with van der Waals surface area (Å²) in [7, 11) is 0. The molecule has 1 N–H and O–H groups in total. The Balaban J connectivity index is 1.57. The van der Waals surface area contributed by atoms with Gasteiger partial charge in [0.15, 0.2) is 11.6 Å². The molecule has 1 fully saturated rings. The summed E-state index contributed by atoms with van der Waals surface area (Å²) >= 11 is 1.95. The summed E-state index contributed by atoms with van der Waals surface area (Å²) in [6.45, 7) is 0.152. The molecule has 30 heavy (non-hydrogen) atoms. The molecule has 2 heterocycles. The van der Waals surface area contributed by atoms with E-state index in [1.807, 2.05) is 22.6 Å². The van der Waals surface area contributed by atoms with Crippen LogP contribution in [-0.2, 0) is 13.0 Å². The van der Waals surface area contributed by atoms with Crippen LogP contribution in [-0.4, -0.2) is 49.6 Å². The van der Waals surface area contributed by atoms with Gasteiger partial charge in [-0.25, -0.2) is 17.9 Å². The lowest BCUT2D eigenvalue weighted by Crippen LogP contribution is -2.65. The predicted octanol–water partition coefficient (Wildman–Crippen LogP) is 2.78. The Morgan fingerprint density at radius 3 is 2.60 bits per heavy atom. The van der Waals surface area contributed by atoms with Gasteiger partial charge < -0.3 is 10.0 Å². The van der Waals surface area contributed by atoms with Gasteiger partial charge in [0.2, 0.25) is 0 Å². The van der Waals surface area contributed by atoms with Gasteiger partial charge in [-0.15, -0.1) is 5.10 Å². The number of β-amino-alcohol motifs (C(OH)–C–C–N with tert-alkyl or cyclic N) is 1. The number of aromatic nitrogens is 3. The van der Waals surface area contributed by atoms with Crippen molar-refractivity contribution in [2.75, 3.05) is 13.1 Å². The number of carbonyl (C=O) groups excluding carboxylic acids is 1. The predicted molar refractivity (Wildman–Crippen MR) is 109 cm³/mol. The van der Waals surface area contributed by atoms with Crippen LogP contribution in [0.15, 0.2) is 42.7 Å². The van der Waals surface area contributed by atoms with Crippen LogP contribution < -0.4 is 0 Å². The monoisotopic (exact) mass is 528 g/mol. The number of aliphatic hydroxyl groups is 1. The zero-order valence-electron chi connectivity index (χ0n) is 15.5. The van der Waals surface area contributed by atoms with E-state index >= 15 is 0 Å². The molecular formula is C20H16F3IN4O2. The third kappa shape index (κ3) is 4.06. The first-order valence-corrected chi connectivity index (χ1v) is 10.1.